The number of carbonyl (C=O) groups is 3. The number of hydrogen-bond acceptors (Lipinski definition) is 3. The highest BCUT2D eigenvalue weighted by Gasteiger charge is 2.55. The number of hydrogen-bond donors (Lipinski definition) is 1. The first-order chi connectivity index (χ1) is 12.8. The van der Waals surface area contributed by atoms with Gasteiger partial charge in [0.25, 0.3) is 5.91 Å². The fourth-order valence-electron chi connectivity index (χ4n) is 4.07. The van der Waals surface area contributed by atoms with Crippen molar-refractivity contribution < 1.29 is 14.4 Å². The molecular weight excluding hydrogens is 366 g/mol. The fourth-order valence-corrected chi connectivity index (χ4v) is 4.19. The van der Waals surface area contributed by atoms with E-state index in [0.29, 0.717) is 11.4 Å². The van der Waals surface area contributed by atoms with Crippen molar-refractivity contribution in [2.45, 2.75) is 51.1 Å². The van der Waals surface area contributed by atoms with Gasteiger partial charge in [0, 0.05) is 12.1 Å². The number of carbonyl (C=O) groups excluding carboxylic acids is 3. The Bertz CT molecular complexity index is 751. The second kappa shape index (κ2) is 7.50. The topological polar surface area (TPSA) is 69.7 Å². The lowest BCUT2D eigenvalue weighted by atomic mass is 9.73. The largest absolute Gasteiger partial charge is 0.337 e. The quantitative estimate of drug-likeness (QED) is 0.800. The summed E-state index contributed by atoms with van der Waals surface area (Å²) in [5.41, 5.74) is 0.0977. The number of urea groups is 1. The summed E-state index contributed by atoms with van der Waals surface area (Å²) in [7, 11) is 1.68. The van der Waals surface area contributed by atoms with Crippen molar-refractivity contribution >= 4 is 29.4 Å². The predicted octanol–water partition coefficient (Wildman–Crippen LogP) is 3.36. The normalized spacial score (nSPS) is 26.2. The Labute approximate surface area is 164 Å². The molecule has 3 unspecified atom stereocenters. The van der Waals surface area contributed by atoms with Crippen molar-refractivity contribution in [1.82, 2.24) is 15.1 Å². The number of imide groups is 1. The van der Waals surface area contributed by atoms with Gasteiger partial charge in [-0.2, -0.15) is 0 Å². The standard InChI is InChI=1S/C20H26ClN3O3/c1-13-6-4-5-11-20(13)18(26)24(19(27)22-20)12-17(25)23(3)14(2)15-7-9-16(21)10-8-15/h7-10,13-14H,4-6,11-12H2,1-3H3,(H,22,27). The molecule has 2 aliphatic rings. The molecule has 7 heteroatoms. The zero-order valence-corrected chi connectivity index (χ0v) is 16.8. The SMILES string of the molecule is CC(c1ccc(Cl)cc1)N(C)C(=O)CN1C(=O)NC2(CCCCC2C)C1=O. The van der Waals surface area contributed by atoms with Gasteiger partial charge in [-0.3, -0.25) is 14.5 Å². The van der Waals surface area contributed by atoms with Crippen LogP contribution in [0.25, 0.3) is 0 Å². The van der Waals surface area contributed by atoms with Gasteiger partial charge in [0.15, 0.2) is 0 Å². The Balaban J connectivity index is 1.70. The molecule has 0 bridgehead atoms. The van der Waals surface area contributed by atoms with Gasteiger partial charge in [0.2, 0.25) is 5.91 Å². The van der Waals surface area contributed by atoms with Gasteiger partial charge >= 0.3 is 6.03 Å². The van der Waals surface area contributed by atoms with E-state index < -0.39 is 11.6 Å². The number of benzene rings is 1. The van der Waals surface area contributed by atoms with E-state index in [1.165, 1.54) is 0 Å². The molecule has 27 heavy (non-hydrogen) atoms. The Morgan fingerprint density at radius 3 is 2.63 bits per heavy atom. The maximum absolute atomic E-state index is 13.0. The van der Waals surface area contributed by atoms with Crippen LogP contribution < -0.4 is 5.32 Å². The second-order valence-electron chi connectivity index (χ2n) is 7.67. The van der Waals surface area contributed by atoms with Crippen LogP contribution in [-0.2, 0) is 9.59 Å². The molecule has 1 aliphatic heterocycles. The van der Waals surface area contributed by atoms with Gasteiger partial charge in [0.1, 0.15) is 12.1 Å². The van der Waals surface area contributed by atoms with E-state index in [-0.39, 0.29) is 30.3 Å². The summed E-state index contributed by atoms with van der Waals surface area (Å²) in [4.78, 5) is 40.8. The maximum Gasteiger partial charge on any atom is 0.325 e. The number of likely N-dealkylation sites (N-methyl/N-ethyl adjacent to an activating group) is 1. The van der Waals surface area contributed by atoms with Crippen LogP contribution in [0.1, 0.15) is 51.1 Å². The van der Waals surface area contributed by atoms with Gasteiger partial charge in [-0.1, -0.05) is 43.5 Å². The van der Waals surface area contributed by atoms with Crippen LogP contribution in [0.4, 0.5) is 4.79 Å². The lowest BCUT2D eigenvalue weighted by Gasteiger charge is -2.36. The molecule has 1 aliphatic carbocycles. The summed E-state index contributed by atoms with van der Waals surface area (Å²) in [6.45, 7) is 3.66. The van der Waals surface area contributed by atoms with Crippen LogP contribution in [0.15, 0.2) is 24.3 Å². The summed E-state index contributed by atoms with van der Waals surface area (Å²) < 4.78 is 0. The third-order valence-electron chi connectivity index (χ3n) is 6.12. The number of nitrogens with zero attached hydrogens (tertiary/aromatic N) is 2. The molecule has 3 rings (SSSR count). The van der Waals surface area contributed by atoms with Crippen LogP contribution >= 0.6 is 11.6 Å². The Hall–Kier alpha value is -2.08. The highest BCUT2D eigenvalue weighted by Crippen LogP contribution is 2.38. The van der Waals surface area contributed by atoms with Gasteiger partial charge < -0.3 is 10.2 Å². The van der Waals surface area contributed by atoms with Crippen molar-refractivity contribution in [3.05, 3.63) is 34.9 Å². The fraction of sp³-hybridized carbons (Fsp3) is 0.550. The minimum atomic E-state index is -0.837. The highest BCUT2D eigenvalue weighted by molar-refractivity contribution is 6.30. The predicted molar refractivity (Wildman–Crippen MR) is 103 cm³/mol. The first-order valence-electron chi connectivity index (χ1n) is 9.41. The lowest BCUT2D eigenvalue weighted by Crippen LogP contribution is -2.54. The van der Waals surface area contributed by atoms with Gasteiger partial charge in [-0.25, -0.2) is 4.79 Å². The van der Waals surface area contributed by atoms with Crippen molar-refractivity contribution in [3.8, 4) is 0 Å². The second-order valence-corrected chi connectivity index (χ2v) is 8.11. The molecule has 0 radical (unpaired) electrons. The number of nitrogens with one attached hydrogen (secondary N) is 1. The van der Waals surface area contributed by atoms with E-state index in [1.54, 1.807) is 24.1 Å². The molecule has 1 N–H and O–H groups in total. The van der Waals surface area contributed by atoms with E-state index in [0.717, 1.165) is 29.7 Å². The number of amides is 4. The minimum absolute atomic E-state index is 0.0773. The van der Waals surface area contributed by atoms with Gasteiger partial charge in [-0.05, 0) is 43.4 Å². The molecule has 1 saturated carbocycles. The molecular formula is C20H26ClN3O3. The van der Waals surface area contributed by atoms with E-state index in [9.17, 15) is 14.4 Å². The highest BCUT2D eigenvalue weighted by atomic mass is 35.5. The minimum Gasteiger partial charge on any atom is -0.337 e. The summed E-state index contributed by atoms with van der Waals surface area (Å²) in [6.07, 6.45) is 3.51. The Kier molecular flexibility index (Phi) is 5.47. The average Bonchev–Trinajstić information content (AvgIpc) is 2.88. The first kappa shape index (κ1) is 19.7. The lowest BCUT2D eigenvalue weighted by molar-refractivity contribution is -0.140. The number of rotatable bonds is 4. The van der Waals surface area contributed by atoms with E-state index in [4.69, 9.17) is 11.6 Å². The van der Waals surface area contributed by atoms with Crippen LogP contribution in [0.2, 0.25) is 5.02 Å². The number of halogens is 1. The van der Waals surface area contributed by atoms with Gasteiger partial charge in [-0.15, -0.1) is 0 Å². The summed E-state index contributed by atoms with van der Waals surface area (Å²) in [5.74, 6) is -0.462. The third-order valence-corrected chi connectivity index (χ3v) is 6.37. The summed E-state index contributed by atoms with van der Waals surface area (Å²) >= 11 is 5.92. The van der Waals surface area contributed by atoms with E-state index in [2.05, 4.69) is 5.32 Å². The zero-order valence-electron chi connectivity index (χ0n) is 16.0. The smallest absolute Gasteiger partial charge is 0.325 e. The van der Waals surface area contributed by atoms with Crippen molar-refractivity contribution in [2.24, 2.45) is 5.92 Å². The maximum atomic E-state index is 13.0. The summed E-state index contributed by atoms with van der Waals surface area (Å²) in [5, 5.41) is 3.51. The molecule has 0 aromatic heterocycles. The van der Waals surface area contributed by atoms with Crippen molar-refractivity contribution in [1.29, 1.82) is 0 Å². The molecule has 3 atom stereocenters. The molecule has 1 saturated heterocycles. The van der Waals surface area contributed by atoms with Crippen LogP contribution in [0.5, 0.6) is 0 Å². The molecule has 1 aromatic carbocycles. The molecule has 4 amide bonds. The van der Waals surface area contributed by atoms with Gasteiger partial charge in [0.05, 0.1) is 6.04 Å². The Morgan fingerprint density at radius 1 is 1.33 bits per heavy atom. The average molecular weight is 392 g/mol. The monoisotopic (exact) mass is 391 g/mol. The Morgan fingerprint density at radius 2 is 2.00 bits per heavy atom. The third kappa shape index (κ3) is 3.55. The molecule has 2 fully saturated rings. The molecule has 1 heterocycles. The van der Waals surface area contributed by atoms with Crippen molar-refractivity contribution in [2.75, 3.05) is 13.6 Å². The van der Waals surface area contributed by atoms with Crippen LogP contribution in [0.3, 0.4) is 0 Å². The molecule has 146 valence electrons. The molecule has 6 nitrogen and oxygen atoms in total. The molecule has 1 spiro atoms. The van der Waals surface area contributed by atoms with E-state index in [1.807, 2.05) is 26.0 Å². The van der Waals surface area contributed by atoms with Crippen LogP contribution in [0, 0.1) is 5.92 Å². The summed E-state index contributed by atoms with van der Waals surface area (Å²) in [6, 6.07) is 6.62. The first-order valence-corrected chi connectivity index (χ1v) is 9.79. The van der Waals surface area contributed by atoms with E-state index >= 15 is 0 Å². The zero-order chi connectivity index (χ0) is 19.8. The molecule has 1 aromatic rings. The van der Waals surface area contributed by atoms with Crippen molar-refractivity contribution in [3.63, 3.8) is 0 Å². The van der Waals surface area contributed by atoms with Crippen LogP contribution in [-0.4, -0.2) is 46.8 Å².